The van der Waals surface area contributed by atoms with Gasteiger partial charge in [-0.1, -0.05) is 6.08 Å². The number of ether oxygens (including phenoxy) is 1. The zero-order valence-electron chi connectivity index (χ0n) is 13.4. The van der Waals surface area contributed by atoms with Gasteiger partial charge in [-0.2, -0.15) is 0 Å². The molecule has 0 aromatic heterocycles. The molecule has 0 aromatic carbocycles. The van der Waals surface area contributed by atoms with E-state index in [2.05, 4.69) is 16.8 Å². The molecule has 1 fully saturated rings. The normalized spacial score (nSPS) is 17.0. The molecule has 0 aromatic rings. The fraction of sp³-hybridized carbons (Fsp3) is 0.733. The summed E-state index contributed by atoms with van der Waals surface area (Å²) in [6.07, 6.45) is 2.22. The number of nitrogens with one attached hydrogen (secondary N) is 1. The van der Waals surface area contributed by atoms with Crippen LogP contribution in [0.1, 0.15) is 27.2 Å². The lowest BCUT2D eigenvalue weighted by molar-refractivity contribution is -0.122. The van der Waals surface area contributed by atoms with E-state index in [1.54, 1.807) is 11.0 Å². The molecular formula is C15H27N3O3. The van der Waals surface area contributed by atoms with Gasteiger partial charge in [0.25, 0.3) is 0 Å². The van der Waals surface area contributed by atoms with Gasteiger partial charge in [0.1, 0.15) is 5.60 Å². The van der Waals surface area contributed by atoms with E-state index < -0.39 is 5.60 Å². The molecule has 120 valence electrons. The molecule has 2 amide bonds. The first-order valence-corrected chi connectivity index (χ1v) is 7.39. The molecule has 1 heterocycles. The molecule has 0 aliphatic carbocycles. The highest BCUT2D eigenvalue weighted by Crippen LogP contribution is 2.12. The van der Waals surface area contributed by atoms with Crippen molar-refractivity contribution in [2.45, 2.75) is 32.8 Å². The van der Waals surface area contributed by atoms with Crippen LogP contribution < -0.4 is 5.32 Å². The van der Waals surface area contributed by atoms with Crippen molar-refractivity contribution in [3.05, 3.63) is 12.7 Å². The van der Waals surface area contributed by atoms with Crippen LogP contribution in [-0.2, 0) is 9.53 Å². The van der Waals surface area contributed by atoms with E-state index in [9.17, 15) is 9.59 Å². The maximum atomic E-state index is 12.0. The summed E-state index contributed by atoms with van der Waals surface area (Å²) < 4.78 is 5.38. The quantitative estimate of drug-likeness (QED) is 0.793. The zero-order valence-corrected chi connectivity index (χ0v) is 13.4. The van der Waals surface area contributed by atoms with E-state index in [1.165, 1.54) is 0 Å². The highest BCUT2D eigenvalue weighted by Gasteiger charge is 2.24. The molecule has 6 nitrogen and oxygen atoms in total. The summed E-state index contributed by atoms with van der Waals surface area (Å²) in [6.45, 7) is 12.7. The monoisotopic (exact) mass is 297 g/mol. The highest BCUT2D eigenvalue weighted by molar-refractivity contribution is 5.78. The Hall–Kier alpha value is -1.56. The molecule has 0 unspecified atom stereocenters. The molecule has 1 aliphatic rings. The summed E-state index contributed by atoms with van der Waals surface area (Å²) in [6, 6.07) is 0. The van der Waals surface area contributed by atoms with E-state index in [0.29, 0.717) is 32.7 Å². The summed E-state index contributed by atoms with van der Waals surface area (Å²) >= 11 is 0. The largest absolute Gasteiger partial charge is 0.444 e. The average molecular weight is 297 g/mol. The fourth-order valence-electron chi connectivity index (χ4n) is 2.08. The van der Waals surface area contributed by atoms with Gasteiger partial charge in [0, 0.05) is 32.7 Å². The van der Waals surface area contributed by atoms with Crippen LogP contribution in [-0.4, -0.2) is 66.7 Å². The first kappa shape index (κ1) is 17.5. The van der Waals surface area contributed by atoms with Crippen LogP contribution in [0.3, 0.4) is 0 Å². The first-order valence-electron chi connectivity index (χ1n) is 7.39. The summed E-state index contributed by atoms with van der Waals surface area (Å²) in [5, 5.41) is 2.76. The lowest BCUT2D eigenvalue weighted by Crippen LogP contribution is -2.41. The number of hydrogen-bond donors (Lipinski definition) is 1. The molecule has 0 bridgehead atoms. The maximum Gasteiger partial charge on any atom is 0.410 e. The SMILES string of the molecule is C=CCNC(=O)CN1CCCN(C(=O)OC(C)(C)C)CC1. The van der Waals surface area contributed by atoms with Gasteiger partial charge in [0.15, 0.2) is 0 Å². The Morgan fingerprint density at radius 2 is 1.95 bits per heavy atom. The number of carbonyl (C=O) groups excluding carboxylic acids is 2. The topological polar surface area (TPSA) is 61.9 Å². The van der Waals surface area contributed by atoms with Gasteiger partial charge in [-0.25, -0.2) is 4.79 Å². The van der Waals surface area contributed by atoms with Gasteiger partial charge in [-0.3, -0.25) is 9.69 Å². The standard InChI is InChI=1S/C15H27N3O3/c1-5-7-16-13(19)12-17-8-6-9-18(11-10-17)14(20)21-15(2,3)4/h5H,1,6-12H2,2-4H3,(H,16,19). The van der Waals surface area contributed by atoms with Crippen molar-refractivity contribution in [2.24, 2.45) is 0 Å². The van der Waals surface area contributed by atoms with Crippen LogP contribution in [0.25, 0.3) is 0 Å². The molecule has 6 heteroatoms. The first-order chi connectivity index (χ1) is 9.81. The number of hydrogen-bond acceptors (Lipinski definition) is 4. The summed E-state index contributed by atoms with van der Waals surface area (Å²) in [7, 11) is 0. The van der Waals surface area contributed by atoms with Gasteiger partial charge in [-0.05, 0) is 27.2 Å². The average Bonchev–Trinajstić information content (AvgIpc) is 2.60. The minimum atomic E-state index is -0.479. The van der Waals surface area contributed by atoms with Crippen molar-refractivity contribution < 1.29 is 14.3 Å². The van der Waals surface area contributed by atoms with E-state index in [0.717, 1.165) is 13.0 Å². The van der Waals surface area contributed by atoms with Crippen LogP contribution in [0.15, 0.2) is 12.7 Å². The number of rotatable bonds is 4. The molecule has 0 spiro atoms. The third kappa shape index (κ3) is 7.13. The fourth-order valence-corrected chi connectivity index (χ4v) is 2.08. The van der Waals surface area contributed by atoms with Crippen molar-refractivity contribution >= 4 is 12.0 Å². The lowest BCUT2D eigenvalue weighted by atomic mass is 10.2. The van der Waals surface area contributed by atoms with E-state index in [4.69, 9.17) is 4.74 Å². The van der Waals surface area contributed by atoms with Gasteiger partial charge in [-0.15, -0.1) is 6.58 Å². The van der Waals surface area contributed by atoms with Crippen LogP contribution in [0.4, 0.5) is 4.79 Å². The third-order valence-electron chi connectivity index (χ3n) is 3.05. The molecule has 0 saturated carbocycles. The van der Waals surface area contributed by atoms with Crippen LogP contribution in [0.2, 0.25) is 0 Å². The van der Waals surface area contributed by atoms with Gasteiger partial charge < -0.3 is 15.0 Å². The smallest absolute Gasteiger partial charge is 0.410 e. The van der Waals surface area contributed by atoms with Crippen LogP contribution >= 0.6 is 0 Å². The number of nitrogens with zero attached hydrogens (tertiary/aromatic N) is 2. The van der Waals surface area contributed by atoms with Crippen molar-refractivity contribution in [3.63, 3.8) is 0 Å². The second kappa shape index (κ2) is 8.02. The summed E-state index contributed by atoms with van der Waals surface area (Å²) in [5.41, 5.74) is -0.479. The van der Waals surface area contributed by atoms with Crippen molar-refractivity contribution in [3.8, 4) is 0 Å². The maximum absolute atomic E-state index is 12.0. The predicted molar refractivity (Wildman–Crippen MR) is 82.1 cm³/mol. The molecule has 1 saturated heterocycles. The molecule has 21 heavy (non-hydrogen) atoms. The Morgan fingerprint density at radius 3 is 2.57 bits per heavy atom. The number of carbonyl (C=O) groups is 2. The van der Waals surface area contributed by atoms with E-state index >= 15 is 0 Å². The molecule has 1 N–H and O–H groups in total. The minimum Gasteiger partial charge on any atom is -0.444 e. The van der Waals surface area contributed by atoms with Crippen molar-refractivity contribution in [2.75, 3.05) is 39.3 Å². The van der Waals surface area contributed by atoms with Gasteiger partial charge >= 0.3 is 6.09 Å². The molecule has 0 atom stereocenters. The molecular weight excluding hydrogens is 270 g/mol. The zero-order chi connectivity index (χ0) is 15.9. The Kier molecular flexibility index (Phi) is 6.68. The molecule has 0 radical (unpaired) electrons. The van der Waals surface area contributed by atoms with Crippen molar-refractivity contribution in [1.29, 1.82) is 0 Å². The summed E-state index contributed by atoms with van der Waals surface area (Å²) in [4.78, 5) is 27.5. The van der Waals surface area contributed by atoms with Gasteiger partial charge in [0.05, 0.1) is 6.54 Å². The second-order valence-corrected chi connectivity index (χ2v) is 6.19. The van der Waals surface area contributed by atoms with E-state index in [1.807, 2.05) is 20.8 Å². The Balaban J connectivity index is 2.41. The van der Waals surface area contributed by atoms with Crippen LogP contribution in [0.5, 0.6) is 0 Å². The summed E-state index contributed by atoms with van der Waals surface area (Å²) in [5.74, 6) is -0.0133. The lowest BCUT2D eigenvalue weighted by Gasteiger charge is -2.26. The minimum absolute atomic E-state index is 0.0133. The molecule has 1 aliphatic heterocycles. The van der Waals surface area contributed by atoms with Crippen molar-refractivity contribution in [1.82, 2.24) is 15.1 Å². The Bertz CT molecular complexity index is 377. The molecule has 1 rings (SSSR count). The third-order valence-corrected chi connectivity index (χ3v) is 3.05. The van der Waals surface area contributed by atoms with Crippen LogP contribution in [0, 0.1) is 0 Å². The Labute approximate surface area is 127 Å². The van der Waals surface area contributed by atoms with E-state index in [-0.39, 0.29) is 12.0 Å². The van der Waals surface area contributed by atoms with Gasteiger partial charge in [0.2, 0.25) is 5.91 Å². The highest BCUT2D eigenvalue weighted by atomic mass is 16.6. The Morgan fingerprint density at radius 1 is 1.24 bits per heavy atom. The second-order valence-electron chi connectivity index (χ2n) is 6.19. The predicted octanol–water partition coefficient (Wildman–Crippen LogP) is 1.23. The number of amides is 2.